The van der Waals surface area contributed by atoms with Crippen molar-refractivity contribution >= 4 is 19.8 Å². The van der Waals surface area contributed by atoms with Crippen LogP contribution in [0.5, 0.6) is 0 Å². The van der Waals surface area contributed by atoms with Crippen LogP contribution >= 0.6 is 7.82 Å². The van der Waals surface area contributed by atoms with Crippen molar-refractivity contribution in [2.45, 2.75) is 13.8 Å². The minimum absolute atomic E-state index is 0.134. The molecule has 11 heteroatoms. The van der Waals surface area contributed by atoms with E-state index in [0.29, 0.717) is 0 Å². The summed E-state index contributed by atoms with van der Waals surface area (Å²) in [5, 5.41) is 0. The molecule has 0 aliphatic heterocycles. The van der Waals surface area contributed by atoms with Crippen LogP contribution in [0.3, 0.4) is 0 Å². The van der Waals surface area contributed by atoms with Gasteiger partial charge in [0.15, 0.2) is 0 Å². The van der Waals surface area contributed by atoms with Gasteiger partial charge in [0.2, 0.25) is 0 Å². The molecule has 0 aromatic carbocycles. The Morgan fingerprint density at radius 1 is 0.870 bits per heavy atom. The molecule has 0 saturated carbocycles. The lowest BCUT2D eigenvalue weighted by Gasteiger charge is -2.11. The summed E-state index contributed by atoms with van der Waals surface area (Å²) in [5.74, 6) is -1.54. The topological polar surface area (TPSA) is 127 Å². The van der Waals surface area contributed by atoms with Crippen molar-refractivity contribution in [1.82, 2.24) is 0 Å². The van der Waals surface area contributed by atoms with E-state index in [9.17, 15) is 19.0 Å². The van der Waals surface area contributed by atoms with E-state index in [1.165, 1.54) is 13.8 Å². The van der Waals surface area contributed by atoms with Gasteiger partial charge >= 0.3 is 19.8 Å². The summed E-state index contributed by atoms with van der Waals surface area (Å²) >= 11 is 0. The number of carbonyl (C=O) groups is 2. The number of hydrogen-bond acceptors (Lipinski definition) is 9. The van der Waals surface area contributed by atoms with E-state index >= 15 is 0 Å². The van der Waals surface area contributed by atoms with E-state index in [1.54, 1.807) is 0 Å². The van der Waals surface area contributed by atoms with Crippen LogP contribution < -0.4 is 0 Å². The summed E-state index contributed by atoms with van der Waals surface area (Å²) < 4.78 is 20.4. The molecule has 0 aliphatic rings. The Bertz CT molecular complexity index is 446. The third-order valence-corrected chi connectivity index (χ3v) is 2.83. The van der Waals surface area contributed by atoms with Gasteiger partial charge in [0.25, 0.3) is 0 Å². The second-order valence-electron chi connectivity index (χ2n) is 4.08. The standard InChI is InChI=1S/C12H19O10P/c1-9(2)11(13)21-17-5-7-19-23(15,16)20-8-6-18-22-12(14)10(3)4/h1,3,5-8H2,2,4H3,(H,15,16). The summed E-state index contributed by atoms with van der Waals surface area (Å²) in [6.45, 7) is 8.17. The Balaban J connectivity index is 3.71. The summed E-state index contributed by atoms with van der Waals surface area (Å²) in [6.07, 6.45) is 0. The molecular formula is C12H19O10P. The van der Waals surface area contributed by atoms with Crippen LogP contribution in [0, 0.1) is 0 Å². The molecule has 0 amide bonds. The molecule has 0 aromatic rings. The zero-order valence-electron chi connectivity index (χ0n) is 12.8. The van der Waals surface area contributed by atoms with Gasteiger partial charge in [0.1, 0.15) is 13.2 Å². The van der Waals surface area contributed by atoms with Crippen LogP contribution in [0.2, 0.25) is 0 Å². The Morgan fingerprint density at radius 2 is 1.22 bits per heavy atom. The molecular weight excluding hydrogens is 335 g/mol. The lowest BCUT2D eigenvalue weighted by molar-refractivity contribution is -0.271. The molecule has 132 valence electrons. The van der Waals surface area contributed by atoms with Gasteiger partial charge in [-0.2, -0.15) is 9.78 Å². The summed E-state index contributed by atoms with van der Waals surface area (Å²) in [6, 6.07) is 0. The molecule has 0 spiro atoms. The summed E-state index contributed by atoms with van der Waals surface area (Å²) in [7, 11) is -4.33. The predicted molar refractivity (Wildman–Crippen MR) is 75.4 cm³/mol. The maximum absolute atomic E-state index is 11.4. The Hall–Kier alpha value is -1.55. The maximum Gasteiger partial charge on any atom is 0.472 e. The molecule has 0 aliphatic carbocycles. The van der Waals surface area contributed by atoms with E-state index in [1.807, 2.05) is 0 Å². The maximum atomic E-state index is 11.4. The monoisotopic (exact) mass is 354 g/mol. The number of carbonyl (C=O) groups excluding carboxylic acids is 2. The fraction of sp³-hybridized carbons (Fsp3) is 0.500. The first-order chi connectivity index (χ1) is 10.7. The van der Waals surface area contributed by atoms with Crippen LogP contribution in [0.25, 0.3) is 0 Å². The molecule has 1 N–H and O–H groups in total. The third-order valence-electron chi connectivity index (χ3n) is 1.81. The second-order valence-corrected chi connectivity index (χ2v) is 5.53. The molecule has 0 fully saturated rings. The van der Waals surface area contributed by atoms with Gasteiger partial charge in [-0.3, -0.25) is 18.8 Å². The molecule has 0 bridgehead atoms. The second kappa shape index (κ2) is 11.1. The fourth-order valence-corrected chi connectivity index (χ4v) is 1.43. The highest BCUT2D eigenvalue weighted by Gasteiger charge is 2.21. The normalized spacial score (nSPS) is 10.9. The van der Waals surface area contributed by atoms with E-state index in [-0.39, 0.29) is 37.6 Å². The van der Waals surface area contributed by atoms with Crippen molar-refractivity contribution in [2.75, 3.05) is 26.4 Å². The minimum Gasteiger partial charge on any atom is -0.302 e. The summed E-state index contributed by atoms with van der Waals surface area (Å²) in [5.41, 5.74) is 0.267. The first kappa shape index (κ1) is 21.4. The van der Waals surface area contributed by atoms with Gasteiger partial charge in [0, 0.05) is 11.1 Å². The van der Waals surface area contributed by atoms with Crippen LogP contribution in [0.1, 0.15) is 13.8 Å². The van der Waals surface area contributed by atoms with E-state index in [2.05, 4.69) is 41.8 Å². The molecule has 0 aromatic heterocycles. The molecule has 0 unspecified atom stereocenters. The van der Waals surface area contributed by atoms with Crippen molar-refractivity contribution in [3.05, 3.63) is 24.3 Å². The van der Waals surface area contributed by atoms with Gasteiger partial charge in [-0.1, -0.05) is 13.2 Å². The molecule has 0 atom stereocenters. The first-order valence-electron chi connectivity index (χ1n) is 6.26. The molecule has 0 radical (unpaired) electrons. The zero-order chi connectivity index (χ0) is 17.9. The van der Waals surface area contributed by atoms with Gasteiger partial charge in [-0.25, -0.2) is 14.2 Å². The average molecular weight is 354 g/mol. The minimum atomic E-state index is -4.33. The molecule has 0 saturated heterocycles. The molecule has 23 heavy (non-hydrogen) atoms. The zero-order valence-corrected chi connectivity index (χ0v) is 13.7. The average Bonchev–Trinajstić information content (AvgIpc) is 2.45. The van der Waals surface area contributed by atoms with E-state index in [4.69, 9.17) is 0 Å². The van der Waals surface area contributed by atoms with Crippen LogP contribution in [0.15, 0.2) is 24.3 Å². The van der Waals surface area contributed by atoms with Crippen molar-refractivity contribution in [2.24, 2.45) is 0 Å². The fourth-order valence-electron chi connectivity index (χ4n) is 0.743. The highest BCUT2D eigenvalue weighted by atomic mass is 31.2. The highest BCUT2D eigenvalue weighted by Crippen LogP contribution is 2.42. The Morgan fingerprint density at radius 3 is 1.52 bits per heavy atom. The molecule has 10 nitrogen and oxygen atoms in total. The Kier molecular flexibility index (Phi) is 10.3. The van der Waals surface area contributed by atoms with Gasteiger partial charge in [0.05, 0.1) is 13.2 Å². The number of phosphoric acid groups is 1. The predicted octanol–water partition coefficient (Wildman–Crippen LogP) is 1.22. The van der Waals surface area contributed by atoms with Gasteiger partial charge in [-0.15, -0.1) is 0 Å². The van der Waals surface area contributed by atoms with E-state index < -0.39 is 19.8 Å². The van der Waals surface area contributed by atoms with Crippen molar-refractivity contribution in [1.29, 1.82) is 0 Å². The molecule has 0 heterocycles. The van der Waals surface area contributed by atoms with Crippen molar-refractivity contribution in [3.8, 4) is 0 Å². The lowest BCUT2D eigenvalue weighted by Crippen LogP contribution is -2.12. The number of phosphoric ester groups is 1. The third kappa shape index (κ3) is 11.6. The number of hydrogen-bond donors (Lipinski definition) is 1. The largest absolute Gasteiger partial charge is 0.472 e. The quantitative estimate of drug-likeness (QED) is 0.180. The van der Waals surface area contributed by atoms with Gasteiger partial charge in [-0.05, 0) is 13.8 Å². The first-order valence-corrected chi connectivity index (χ1v) is 7.75. The van der Waals surface area contributed by atoms with Crippen molar-refractivity contribution in [3.63, 3.8) is 0 Å². The molecule has 0 rings (SSSR count). The number of rotatable bonds is 12. The van der Waals surface area contributed by atoms with Gasteiger partial charge < -0.3 is 4.89 Å². The van der Waals surface area contributed by atoms with Crippen LogP contribution in [-0.2, 0) is 42.8 Å². The van der Waals surface area contributed by atoms with Crippen LogP contribution in [-0.4, -0.2) is 43.3 Å². The van der Waals surface area contributed by atoms with Crippen molar-refractivity contribution < 1.29 is 47.6 Å². The van der Waals surface area contributed by atoms with E-state index in [0.717, 1.165) is 0 Å². The summed E-state index contributed by atoms with van der Waals surface area (Å²) in [4.78, 5) is 48.5. The lowest BCUT2D eigenvalue weighted by atomic mass is 10.4. The van der Waals surface area contributed by atoms with Crippen LogP contribution in [0.4, 0.5) is 0 Å². The SMILES string of the molecule is C=C(C)C(=O)OOCCOP(=O)(O)OCCOOC(=O)C(=C)C. The Labute approximate surface area is 133 Å². The highest BCUT2D eigenvalue weighted by molar-refractivity contribution is 7.47. The smallest absolute Gasteiger partial charge is 0.302 e.